The van der Waals surface area contributed by atoms with E-state index in [0.29, 0.717) is 17.7 Å². The molecule has 1 heterocycles. The average Bonchev–Trinajstić information content (AvgIpc) is 2.18. The molecule has 1 unspecified atom stereocenters. The molecule has 4 nitrogen and oxygen atoms in total. The lowest BCUT2D eigenvalue weighted by Gasteiger charge is -2.12. The SMILES string of the molecule is CCSCC(C)Nc1ncc(N)cn1. The van der Waals surface area contributed by atoms with Crippen LogP contribution in [0.2, 0.25) is 0 Å². The fourth-order valence-electron chi connectivity index (χ4n) is 0.969. The van der Waals surface area contributed by atoms with Crippen LogP contribution in [0.5, 0.6) is 0 Å². The van der Waals surface area contributed by atoms with Crippen LogP contribution in [-0.4, -0.2) is 27.5 Å². The molecule has 5 heteroatoms. The maximum absolute atomic E-state index is 5.48. The second-order valence-corrected chi connectivity index (χ2v) is 4.36. The van der Waals surface area contributed by atoms with Gasteiger partial charge in [0.1, 0.15) is 0 Å². The largest absolute Gasteiger partial charge is 0.396 e. The zero-order valence-electron chi connectivity index (χ0n) is 8.53. The molecule has 0 saturated heterocycles. The Balaban J connectivity index is 2.39. The van der Waals surface area contributed by atoms with Crippen LogP contribution in [0, 0.1) is 0 Å². The Morgan fingerprint density at radius 1 is 1.50 bits per heavy atom. The van der Waals surface area contributed by atoms with E-state index in [4.69, 9.17) is 5.73 Å². The minimum Gasteiger partial charge on any atom is -0.396 e. The summed E-state index contributed by atoms with van der Waals surface area (Å²) < 4.78 is 0. The number of nitrogens with zero attached hydrogens (tertiary/aromatic N) is 2. The highest BCUT2D eigenvalue weighted by Gasteiger charge is 2.02. The Hall–Kier alpha value is -0.970. The lowest BCUT2D eigenvalue weighted by Crippen LogP contribution is -2.19. The Labute approximate surface area is 88.7 Å². The van der Waals surface area contributed by atoms with E-state index in [1.165, 1.54) is 0 Å². The number of nitrogen functional groups attached to an aromatic ring is 1. The highest BCUT2D eigenvalue weighted by atomic mass is 32.2. The van der Waals surface area contributed by atoms with Gasteiger partial charge in [0.2, 0.25) is 5.95 Å². The number of nitrogens with one attached hydrogen (secondary N) is 1. The number of rotatable bonds is 5. The molecule has 0 spiro atoms. The van der Waals surface area contributed by atoms with E-state index < -0.39 is 0 Å². The summed E-state index contributed by atoms with van der Waals surface area (Å²) in [5.74, 6) is 2.84. The number of nitrogens with two attached hydrogens (primary N) is 1. The van der Waals surface area contributed by atoms with E-state index in [0.717, 1.165) is 11.5 Å². The van der Waals surface area contributed by atoms with Crippen LogP contribution in [0.1, 0.15) is 13.8 Å². The standard InChI is InChI=1S/C9H16N4S/c1-3-14-6-7(2)13-9-11-4-8(10)5-12-9/h4-5,7H,3,6,10H2,1-2H3,(H,11,12,13). The van der Waals surface area contributed by atoms with Crippen molar-refractivity contribution >= 4 is 23.4 Å². The quantitative estimate of drug-likeness (QED) is 0.776. The first-order valence-electron chi connectivity index (χ1n) is 4.64. The van der Waals surface area contributed by atoms with Crippen LogP contribution in [0.3, 0.4) is 0 Å². The maximum Gasteiger partial charge on any atom is 0.222 e. The minimum atomic E-state index is 0.378. The van der Waals surface area contributed by atoms with Crippen molar-refractivity contribution in [3.8, 4) is 0 Å². The van der Waals surface area contributed by atoms with E-state index in [2.05, 4.69) is 29.1 Å². The van der Waals surface area contributed by atoms with Crippen molar-refractivity contribution < 1.29 is 0 Å². The van der Waals surface area contributed by atoms with Crippen molar-refractivity contribution in [3.05, 3.63) is 12.4 Å². The summed E-state index contributed by atoms with van der Waals surface area (Å²) in [6.07, 6.45) is 3.21. The predicted molar refractivity (Wildman–Crippen MR) is 62.5 cm³/mol. The highest BCUT2D eigenvalue weighted by Crippen LogP contribution is 2.07. The molecule has 1 atom stereocenters. The van der Waals surface area contributed by atoms with Crippen LogP contribution in [-0.2, 0) is 0 Å². The van der Waals surface area contributed by atoms with Gasteiger partial charge in [-0.2, -0.15) is 11.8 Å². The summed E-state index contributed by atoms with van der Waals surface area (Å²) >= 11 is 1.90. The van der Waals surface area contributed by atoms with Gasteiger partial charge in [-0.3, -0.25) is 0 Å². The van der Waals surface area contributed by atoms with E-state index in [9.17, 15) is 0 Å². The van der Waals surface area contributed by atoms with Crippen LogP contribution < -0.4 is 11.1 Å². The first-order valence-corrected chi connectivity index (χ1v) is 5.79. The molecular formula is C9H16N4S. The molecule has 0 fully saturated rings. The van der Waals surface area contributed by atoms with Crippen molar-refractivity contribution in [3.63, 3.8) is 0 Å². The lowest BCUT2D eigenvalue weighted by atomic mass is 10.4. The van der Waals surface area contributed by atoms with Gasteiger partial charge < -0.3 is 11.1 Å². The monoisotopic (exact) mass is 212 g/mol. The van der Waals surface area contributed by atoms with E-state index in [-0.39, 0.29) is 0 Å². The number of hydrogen-bond donors (Lipinski definition) is 2. The number of aromatic nitrogens is 2. The Morgan fingerprint density at radius 3 is 2.71 bits per heavy atom. The average molecular weight is 212 g/mol. The van der Waals surface area contributed by atoms with Gasteiger partial charge in [0, 0.05) is 11.8 Å². The van der Waals surface area contributed by atoms with Gasteiger partial charge in [-0.25, -0.2) is 9.97 Å². The van der Waals surface area contributed by atoms with Crippen LogP contribution in [0.15, 0.2) is 12.4 Å². The smallest absolute Gasteiger partial charge is 0.222 e. The Morgan fingerprint density at radius 2 is 2.14 bits per heavy atom. The van der Waals surface area contributed by atoms with Crippen molar-refractivity contribution in [1.29, 1.82) is 0 Å². The molecule has 78 valence electrons. The molecule has 0 saturated carbocycles. The second kappa shape index (κ2) is 5.70. The molecule has 1 aromatic heterocycles. The summed E-state index contributed by atoms with van der Waals surface area (Å²) in [7, 11) is 0. The summed E-state index contributed by atoms with van der Waals surface area (Å²) in [6, 6.07) is 0.378. The van der Waals surface area contributed by atoms with Crippen LogP contribution >= 0.6 is 11.8 Å². The molecular weight excluding hydrogens is 196 g/mol. The predicted octanol–water partition coefficient (Wildman–Crippen LogP) is 1.61. The first kappa shape index (κ1) is 11.1. The molecule has 0 aliphatic carbocycles. The highest BCUT2D eigenvalue weighted by molar-refractivity contribution is 7.99. The van der Waals surface area contributed by atoms with Crippen molar-refractivity contribution in [2.45, 2.75) is 19.9 Å². The maximum atomic E-state index is 5.48. The van der Waals surface area contributed by atoms with Gasteiger partial charge >= 0.3 is 0 Å². The molecule has 0 bridgehead atoms. The molecule has 0 amide bonds. The van der Waals surface area contributed by atoms with Crippen molar-refractivity contribution in [1.82, 2.24) is 9.97 Å². The summed E-state index contributed by atoms with van der Waals surface area (Å²) in [4.78, 5) is 8.14. The van der Waals surface area contributed by atoms with Crippen LogP contribution in [0.25, 0.3) is 0 Å². The number of thioether (sulfide) groups is 1. The third-order valence-corrected chi connectivity index (χ3v) is 2.76. The van der Waals surface area contributed by atoms with E-state index >= 15 is 0 Å². The minimum absolute atomic E-state index is 0.378. The third-order valence-electron chi connectivity index (χ3n) is 1.62. The van der Waals surface area contributed by atoms with Crippen LogP contribution in [0.4, 0.5) is 11.6 Å². The molecule has 3 N–H and O–H groups in total. The van der Waals surface area contributed by atoms with Gasteiger partial charge in [0.25, 0.3) is 0 Å². The zero-order chi connectivity index (χ0) is 10.4. The molecule has 0 aliphatic rings. The van der Waals surface area contributed by atoms with Gasteiger partial charge in [-0.05, 0) is 12.7 Å². The second-order valence-electron chi connectivity index (χ2n) is 3.04. The first-order chi connectivity index (χ1) is 6.72. The molecule has 0 aromatic carbocycles. The normalized spacial score (nSPS) is 12.4. The summed E-state index contributed by atoms with van der Waals surface area (Å²) in [5.41, 5.74) is 6.07. The summed E-state index contributed by atoms with van der Waals surface area (Å²) in [6.45, 7) is 4.26. The van der Waals surface area contributed by atoms with E-state index in [1.807, 2.05) is 11.8 Å². The zero-order valence-corrected chi connectivity index (χ0v) is 9.34. The molecule has 14 heavy (non-hydrogen) atoms. The fourth-order valence-corrected chi connectivity index (χ4v) is 1.64. The fraction of sp³-hybridized carbons (Fsp3) is 0.556. The molecule has 0 aliphatic heterocycles. The lowest BCUT2D eigenvalue weighted by molar-refractivity contribution is 0.886. The van der Waals surface area contributed by atoms with Gasteiger partial charge in [-0.1, -0.05) is 6.92 Å². The molecule has 0 radical (unpaired) electrons. The van der Waals surface area contributed by atoms with Gasteiger partial charge in [-0.15, -0.1) is 0 Å². The number of hydrogen-bond acceptors (Lipinski definition) is 5. The van der Waals surface area contributed by atoms with E-state index in [1.54, 1.807) is 12.4 Å². The Kier molecular flexibility index (Phi) is 4.52. The van der Waals surface area contributed by atoms with Crippen molar-refractivity contribution in [2.24, 2.45) is 0 Å². The third kappa shape index (κ3) is 3.83. The van der Waals surface area contributed by atoms with Gasteiger partial charge in [0.15, 0.2) is 0 Å². The summed E-state index contributed by atoms with van der Waals surface area (Å²) in [5, 5.41) is 3.21. The molecule has 1 rings (SSSR count). The topological polar surface area (TPSA) is 63.8 Å². The molecule has 1 aromatic rings. The van der Waals surface area contributed by atoms with Crippen molar-refractivity contribution in [2.75, 3.05) is 22.6 Å². The van der Waals surface area contributed by atoms with Gasteiger partial charge in [0.05, 0.1) is 18.1 Å². The Bertz CT molecular complexity index is 262. The number of anilines is 2.